The van der Waals surface area contributed by atoms with Crippen LogP contribution in [-0.4, -0.2) is 23.7 Å². The minimum Gasteiger partial charge on any atom is -0.508 e. The van der Waals surface area contributed by atoms with Gasteiger partial charge < -0.3 is 15.7 Å². The van der Waals surface area contributed by atoms with Gasteiger partial charge in [-0.05, 0) is 37.5 Å². The fraction of sp³-hybridized carbons (Fsp3) is 0.562. The molecule has 1 aromatic carbocycles. The topological polar surface area (TPSA) is 56.7 Å². The van der Waals surface area contributed by atoms with Crippen molar-refractivity contribution in [1.82, 2.24) is 10.6 Å². The van der Waals surface area contributed by atoms with Gasteiger partial charge in [-0.25, -0.2) is 4.99 Å². The monoisotopic (exact) mass is 275 g/mol. The van der Waals surface area contributed by atoms with Crippen molar-refractivity contribution in [2.24, 2.45) is 4.99 Å². The standard InChI is InChI=1S/C16H25N3O/c1-2-17-16(19-14-6-4-3-5-7-14)18-12-13-8-10-15(20)11-9-13/h8-11,14,20H,2-7,12H2,1H3,(H2,17,18,19). The highest BCUT2D eigenvalue weighted by Gasteiger charge is 2.14. The number of aliphatic imine (C=N–C) groups is 1. The molecule has 4 nitrogen and oxygen atoms in total. The summed E-state index contributed by atoms with van der Waals surface area (Å²) in [4.78, 5) is 4.62. The molecule has 0 spiro atoms. The number of nitrogens with one attached hydrogen (secondary N) is 2. The first-order chi connectivity index (χ1) is 9.78. The van der Waals surface area contributed by atoms with E-state index in [0.29, 0.717) is 18.3 Å². The van der Waals surface area contributed by atoms with Gasteiger partial charge in [-0.2, -0.15) is 0 Å². The van der Waals surface area contributed by atoms with Gasteiger partial charge in [-0.1, -0.05) is 31.4 Å². The molecule has 0 unspecified atom stereocenters. The average Bonchev–Trinajstić information content (AvgIpc) is 2.48. The Balaban J connectivity index is 1.92. The van der Waals surface area contributed by atoms with E-state index in [1.54, 1.807) is 12.1 Å². The van der Waals surface area contributed by atoms with E-state index in [2.05, 4.69) is 22.5 Å². The van der Waals surface area contributed by atoms with Gasteiger partial charge in [0.05, 0.1) is 6.54 Å². The van der Waals surface area contributed by atoms with Crippen molar-refractivity contribution in [3.05, 3.63) is 29.8 Å². The van der Waals surface area contributed by atoms with Crippen LogP contribution in [0, 0.1) is 0 Å². The minimum absolute atomic E-state index is 0.296. The van der Waals surface area contributed by atoms with Crippen LogP contribution in [0.25, 0.3) is 0 Å². The molecular weight excluding hydrogens is 250 g/mol. The molecule has 2 rings (SSSR count). The summed E-state index contributed by atoms with van der Waals surface area (Å²) in [6.07, 6.45) is 6.47. The summed E-state index contributed by atoms with van der Waals surface area (Å²) in [5.41, 5.74) is 1.10. The summed E-state index contributed by atoms with van der Waals surface area (Å²) in [7, 11) is 0. The molecule has 1 saturated carbocycles. The molecular formula is C16H25N3O. The summed E-state index contributed by atoms with van der Waals surface area (Å²) < 4.78 is 0. The smallest absolute Gasteiger partial charge is 0.191 e. The van der Waals surface area contributed by atoms with Crippen LogP contribution in [0.4, 0.5) is 0 Å². The molecule has 0 saturated heterocycles. The second kappa shape index (κ2) is 7.78. The van der Waals surface area contributed by atoms with Gasteiger partial charge >= 0.3 is 0 Å². The quantitative estimate of drug-likeness (QED) is 0.585. The molecule has 0 bridgehead atoms. The van der Waals surface area contributed by atoms with E-state index in [9.17, 15) is 5.11 Å². The highest BCUT2D eigenvalue weighted by Crippen LogP contribution is 2.17. The number of aromatic hydroxyl groups is 1. The summed E-state index contributed by atoms with van der Waals surface area (Å²) in [5, 5.41) is 16.1. The van der Waals surface area contributed by atoms with Crippen LogP contribution >= 0.6 is 0 Å². The molecule has 1 aliphatic rings. The molecule has 110 valence electrons. The van der Waals surface area contributed by atoms with Crippen molar-refractivity contribution >= 4 is 5.96 Å². The molecule has 0 heterocycles. The van der Waals surface area contributed by atoms with Gasteiger partial charge in [-0.15, -0.1) is 0 Å². The van der Waals surface area contributed by atoms with Gasteiger partial charge in [0, 0.05) is 12.6 Å². The fourth-order valence-electron chi connectivity index (χ4n) is 2.53. The summed E-state index contributed by atoms with van der Waals surface area (Å²) in [6, 6.07) is 7.77. The predicted molar refractivity (Wildman–Crippen MR) is 82.9 cm³/mol. The molecule has 0 amide bonds. The molecule has 0 aliphatic heterocycles. The zero-order valence-electron chi connectivity index (χ0n) is 12.2. The molecule has 1 aromatic rings. The number of hydrogen-bond donors (Lipinski definition) is 3. The summed E-state index contributed by atoms with van der Waals surface area (Å²) in [6.45, 7) is 3.58. The van der Waals surface area contributed by atoms with Gasteiger partial charge in [0.2, 0.25) is 0 Å². The van der Waals surface area contributed by atoms with E-state index in [4.69, 9.17) is 0 Å². The van der Waals surface area contributed by atoms with E-state index in [1.807, 2.05) is 12.1 Å². The zero-order chi connectivity index (χ0) is 14.2. The Hall–Kier alpha value is -1.71. The van der Waals surface area contributed by atoms with Crippen molar-refractivity contribution < 1.29 is 5.11 Å². The molecule has 0 atom stereocenters. The Morgan fingerprint density at radius 1 is 1.20 bits per heavy atom. The largest absolute Gasteiger partial charge is 0.508 e. The van der Waals surface area contributed by atoms with Crippen LogP contribution < -0.4 is 10.6 Å². The first-order valence-corrected chi connectivity index (χ1v) is 7.60. The maximum atomic E-state index is 9.27. The van der Waals surface area contributed by atoms with Crippen LogP contribution in [0.15, 0.2) is 29.3 Å². The molecule has 0 radical (unpaired) electrons. The van der Waals surface area contributed by atoms with Crippen molar-refractivity contribution in [3.8, 4) is 5.75 Å². The number of phenols is 1. The molecule has 4 heteroatoms. The van der Waals surface area contributed by atoms with Gasteiger partial charge in [0.15, 0.2) is 5.96 Å². The van der Waals surface area contributed by atoms with Crippen LogP contribution in [0.1, 0.15) is 44.6 Å². The molecule has 1 fully saturated rings. The van der Waals surface area contributed by atoms with Crippen LogP contribution in [0.2, 0.25) is 0 Å². The first-order valence-electron chi connectivity index (χ1n) is 7.60. The van der Waals surface area contributed by atoms with Crippen molar-refractivity contribution in [3.63, 3.8) is 0 Å². The number of rotatable bonds is 4. The zero-order valence-corrected chi connectivity index (χ0v) is 12.2. The Morgan fingerprint density at radius 3 is 2.55 bits per heavy atom. The second-order valence-corrected chi connectivity index (χ2v) is 5.34. The third kappa shape index (κ3) is 4.76. The maximum absolute atomic E-state index is 9.27. The van der Waals surface area contributed by atoms with Crippen molar-refractivity contribution in [1.29, 1.82) is 0 Å². The van der Waals surface area contributed by atoms with Crippen molar-refractivity contribution in [2.75, 3.05) is 6.54 Å². The molecule has 3 N–H and O–H groups in total. The lowest BCUT2D eigenvalue weighted by Crippen LogP contribution is -2.44. The predicted octanol–water partition coefficient (Wildman–Crippen LogP) is 2.78. The Labute approximate surface area is 121 Å². The number of nitrogens with zero attached hydrogens (tertiary/aromatic N) is 1. The number of phenolic OH excluding ortho intramolecular Hbond substituents is 1. The lowest BCUT2D eigenvalue weighted by atomic mass is 9.96. The maximum Gasteiger partial charge on any atom is 0.191 e. The third-order valence-corrected chi connectivity index (χ3v) is 3.65. The van der Waals surface area contributed by atoms with Crippen LogP contribution in [0.5, 0.6) is 5.75 Å². The molecule has 20 heavy (non-hydrogen) atoms. The van der Waals surface area contributed by atoms with E-state index >= 15 is 0 Å². The lowest BCUT2D eigenvalue weighted by Gasteiger charge is -2.24. The Kier molecular flexibility index (Phi) is 5.71. The van der Waals surface area contributed by atoms with Gasteiger partial charge in [-0.3, -0.25) is 0 Å². The third-order valence-electron chi connectivity index (χ3n) is 3.65. The number of guanidine groups is 1. The minimum atomic E-state index is 0.296. The first kappa shape index (κ1) is 14.7. The summed E-state index contributed by atoms with van der Waals surface area (Å²) in [5.74, 6) is 1.19. The normalized spacial score (nSPS) is 16.9. The number of hydrogen-bond acceptors (Lipinski definition) is 2. The SMILES string of the molecule is CCNC(=NCc1ccc(O)cc1)NC1CCCCC1. The fourth-order valence-corrected chi connectivity index (χ4v) is 2.53. The van der Waals surface area contributed by atoms with E-state index < -0.39 is 0 Å². The highest BCUT2D eigenvalue weighted by molar-refractivity contribution is 5.80. The highest BCUT2D eigenvalue weighted by atomic mass is 16.3. The average molecular weight is 275 g/mol. The Bertz CT molecular complexity index is 422. The van der Waals surface area contributed by atoms with Gasteiger partial charge in [0.25, 0.3) is 0 Å². The lowest BCUT2D eigenvalue weighted by molar-refractivity contribution is 0.410. The van der Waals surface area contributed by atoms with Crippen LogP contribution in [0.3, 0.4) is 0 Å². The van der Waals surface area contributed by atoms with Crippen molar-refractivity contribution in [2.45, 2.75) is 51.6 Å². The summed E-state index contributed by atoms with van der Waals surface area (Å²) >= 11 is 0. The van der Waals surface area contributed by atoms with E-state index in [-0.39, 0.29) is 0 Å². The van der Waals surface area contributed by atoms with E-state index in [1.165, 1.54) is 32.1 Å². The van der Waals surface area contributed by atoms with Crippen LogP contribution in [-0.2, 0) is 6.54 Å². The number of benzene rings is 1. The van der Waals surface area contributed by atoms with Gasteiger partial charge in [0.1, 0.15) is 5.75 Å². The second-order valence-electron chi connectivity index (χ2n) is 5.34. The molecule has 1 aliphatic carbocycles. The van der Waals surface area contributed by atoms with E-state index in [0.717, 1.165) is 18.1 Å². The Morgan fingerprint density at radius 2 is 1.90 bits per heavy atom. The molecule has 0 aromatic heterocycles.